The highest BCUT2D eigenvalue weighted by atomic mass is 32.2. The minimum absolute atomic E-state index is 0.0121. The van der Waals surface area contributed by atoms with Gasteiger partial charge in [0.1, 0.15) is 60.4 Å². The van der Waals surface area contributed by atoms with Crippen molar-refractivity contribution >= 4 is 88.4 Å². The number of benzene rings is 1. The molecule has 1 aromatic carbocycles. The molecule has 8 aliphatic rings. The zero-order valence-corrected chi connectivity index (χ0v) is 58.9. The van der Waals surface area contributed by atoms with Crippen LogP contribution < -0.4 is 75.7 Å². The van der Waals surface area contributed by atoms with Gasteiger partial charge in [0.05, 0.1) is 19.1 Å². The van der Waals surface area contributed by atoms with Crippen LogP contribution in [-0.4, -0.2) is 211 Å². The van der Waals surface area contributed by atoms with Gasteiger partial charge in [0.25, 0.3) is 0 Å². The summed E-state index contributed by atoms with van der Waals surface area (Å²) in [5.74, 6) is -8.61. The van der Waals surface area contributed by atoms with Crippen LogP contribution in [-0.2, 0) is 64.2 Å². The number of fused-ring (bicyclic) bond motifs is 5. The maximum Gasteiger partial charge on any atom is 0.245 e. The zero-order valence-electron chi connectivity index (χ0n) is 57.3. The Morgan fingerprint density at radius 3 is 1.84 bits per heavy atom. The van der Waals surface area contributed by atoms with Crippen molar-refractivity contribution < 1.29 is 66.6 Å². The molecule has 0 radical (unpaired) electrons. The number of hydrogen-bond donors (Lipinski definition) is 15. The number of ketones is 1. The summed E-state index contributed by atoms with van der Waals surface area (Å²) in [5.41, 5.74) is 19.5. The number of alkyl halides is 2. The number of amides is 10. The molecule has 4 saturated heterocycles. The van der Waals surface area contributed by atoms with Crippen LogP contribution in [0.4, 0.5) is 8.78 Å². The summed E-state index contributed by atoms with van der Waals surface area (Å²) in [7, 11) is 0. The van der Waals surface area contributed by atoms with Crippen LogP contribution in [0.5, 0.6) is 0 Å². The van der Waals surface area contributed by atoms with Crippen LogP contribution in [0.1, 0.15) is 152 Å². The van der Waals surface area contributed by atoms with Crippen LogP contribution in [0.2, 0.25) is 0 Å². The first-order chi connectivity index (χ1) is 48.1. The van der Waals surface area contributed by atoms with Crippen LogP contribution in [0.3, 0.4) is 0 Å². The Morgan fingerprint density at radius 1 is 0.630 bits per heavy atom. The van der Waals surface area contributed by atoms with E-state index >= 15 is 28.0 Å². The average Bonchev–Trinajstić information content (AvgIpc) is 1.64. The molecule has 556 valence electrons. The van der Waals surface area contributed by atoms with Crippen LogP contribution in [0.15, 0.2) is 24.3 Å². The number of primary amides is 2. The third-order valence-corrected chi connectivity index (χ3v) is 23.9. The van der Waals surface area contributed by atoms with Crippen molar-refractivity contribution in [3.63, 3.8) is 0 Å². The van der Waals surface area contributed by atoms with Crippen molar-refractivity contribution in [3.8, 4) is 0 Å². The third-order valence-electron chi connectivity index (χ3n) is 21.7. The van der Waals surface area contributed by atoms with Gasteiger partial charge < -0.3 is 85.7 Å². The fourth-order valence-electron chi connectivity index (χ4n) is 16.2. The lowest BCUT2D eigenvalue weighted by molar-refractivity contribution is -0.143. The minimum atomic E-state index is -1.77. The van der Waals surface area contributed by atoms with E-state index in [0.29, 0.717) is 127 Å². The normalized spacial score (nSPS) is 34.9. The number of rotatable bonds is 15. The van der Waals surface area contributed by atoms with Crippen molar-refractivity contribution in [1.82, 2.24) is 63.4 Å². The lowest BCUT2D eigenvalue weighted by Gasteiger charge is -2.34. The van der Waals surface area contributed by atoms with Crippen LogP contribution in [0, 0.1) is 35.5 Å². The number of hydrogen-bond acceptors (Lipinski definition) is 19. The summed E-state index contributed by atoms with van der Waals surface area (Å²) in [4.78, 5) is 159. The maximum absolute atomic E-state index is 15.3. The Hall–Kier alpha value is -6.09. The molecule has 31 heteroatoms. The molecule has 2 bridgehead atoms. The van der Waals surface area contributed by atoms with Gasteiger partial charge in [-0.05, 0) is 176 Å². The molecule has 10 amide bonds. The van der Waals surface area contributed by atoms with E-state index in [1.165, 1.54) is 16.7 Å². The molecular formula is C69H107F2N15O12S2. The van der Waals surface area contributed by atoms with E-state index in [0.717, 1.165) is 11.1 Å². The standard InChI is InChI=1S/C69H107F2N15O12S2/c70-44-11-15-51-49(26-44)42(30-76-51)24-53-64(93)81-54(25-43-31-77-52-16-12-45(71)27-50(43)52)65(94)83-56(29-60(73)89)67(96)82-55(28-46-32-75-37-79-46)66(95)84-57(22-38-9-13-47(87)14-10-38)69(98)86-19-4-8-59(86)68(97)85-58(62(74)91)36-100-35-40-6-3-5-39(21-40)34-99-20-17-48(88)23-41(7-1-2-18-72)63(92)78-33-61(90)80-53/h3,5-6,21,38,41-47,49-59,75-77,79,87H,1-2,4,7-20,22-37,72H2,(H2,73,89)(H2,74,91)(H,78,92)(H,80,90)(H,81,93)(H,82,96)(H,83,94)(H,84,95)(H,85,97)/t38?,41-,42?,43?,44?,45?,46?,47?,49?,50?,51?,52?,53+,54?,55+,56+,57+,58+,59+/m1/s1. The number of nitrogens with one attached hydrogen (secondary N) is 11. The molecule has 5 heterocycles. The molecule has 1 aromatic rings. The second kappa shape index (κ2) is 38.4. The topological polar surface area (TPSA) is 422 Å². The van der Waals surface area contributed by atoms with Crippen LogP contribution >= 0.6 is 23.5 Å². The third kappa shape index (κ3) is 23.0. The fraction of sp³-hybridized carbons (Fsp3) is 0.754. The summed E-state index contributed by atoms with van der Waals surface area (Å²) in [5, 5.41) is 43.3. The summed E-state index contributed by atoms with van der Waals surface area (Å²) in [6, 6.07) is -2.24. The smallest absolute Gasteiger partial charge is 0.245 e. The molecule has 0 aromatic heterocycles. The minimum Gasteiger partial charge on any atom is -0.393 e. The highest BCUT2D eigenvalue weighted by molar-refractivity contribution is 7.98. The van der Waals surface area contributed by atoms with E-state index in [2.05, 4.69) is 58.5 Å². The van der Waals surface area contributed by atoms with E-state index in [4.69, 9.17) is 17.2 Å². The average molecular weight is 1440 g/mol. The number of carbonyl (C=O) groups excluding carboxylic acids is 11. The molecule has 17 atom stereocenters. The Balaban J connectivity index is 1.02. The number of aliphatic hydroxyl groups excluding tert-OH is 1. The lowest BCUT2D eigenvalue weighted by atomic mass is 9.76. The van der Waals surface area contributed by atoms with Gasteiger partial charge >= 0.3 is 0 Å². The Morgan fingerprint density at radius 2 is 1.23 bits per heavy atom. The van der Waals surface area contributed by atoms with Crippen LogP contribution in [0.25, 0.3) is 0 Å². The van der Waals surface area contributed by atoms with Crippen molar-refractivity contribution in [2.45, 2.75) is 232 Å². The molecule has 10 unspecified atom stereocenters. The second-order valence-electron chi connectivity index (χ2n) is 29.1. The predicted molar refractivity (Wildman–Crippen MR) is 373 cm³/mol. The second-order valence-corrected chi connectivity index (χ2v) is 31.3. The Bertz CT molecular complexity index is 3010. The molecule has 9 rings (SSSR count). The summed E-state index contributed by atoms with van der Waals surface area (Å²) < 4.78 is 30.5. The number of Topliss-reactive ketones (excluding diaryl/α,β-unsaturated/α-hetero) is 1. The predicted octanol–water partition coefficient (Wildman–Crippen LogP) is -0.279. The number of aliphatic hydroxyl groups is 1. The summed E-state index contributed by atoms with van der Waals surface area (Å²) in [6.07, 6.45) is 2.74. The van der Waals surface area contributed by atoms with E-state index in [9.17, 15) is 38.7 Å². The quantitative estimate of drug-likeness (QED) is 0.100. The van der Waals surface area contributed by atoms with Gasteiger partial charge in [-0.3, -0.25) is 52.7 Å². The highest BCUT2D eigenvalue weighted by Gasteiger charge is 2.47. The van der Waals surface area contributed by atoms with Gasteiger partial charge in [-0.15, -0.1) is 0 Å². The first-order valence-corrected chi connectivity index (χ1v) is 38.7. The SMILES string of the molecule is NCCCC[C@@H]1CC(=O)CCSCc2cccc(c2)CSC[C@@H](C(N)=O)NC(=O)[C@@H]2CCCN2C(=O)[C@H](CC2CCC(O)CC2)NC(=O)[C@H](CC2CNCN2)NC(=O)[C@H](CC(N)=O)NC(=O)C(CC2CNC3CCC(F)CC23)NC(=O)[C@H](CC2CNC3CCC(F)CC23)NC(=O)CNC1=O. The zero-order chi connectivity index (χ0) is 71.4. The number of carbonyl (C=O) groups is 11. The Kier molecular flexibility index (Phi) is 30.0. The van der Waals surface area contributed by atoms with Gasteiger partial charge in [-0.2, -0.15) is 23.5 Å². The maximum atomic E-state index is 15.3. The first kappa shape index (κ1) is 78.1. The number of halogens is 2. The van der Waals surface area contributed by atoms with Crippen molar-refractivity contribution in [2.75, 3.05) is 57.4 Å². The largest absolute Gasteiger partial charge is 0.393 e. The summed E-state index contributed by atoms with van der Waals surface area (Å²) >= 11 is 2.92. The molecule has 18 N–H and O–H groups in total. The lowest BCUT2D eigenvalue weighted by Crippen LogP contribution is -2.61. The van der Waals surface area contributed by atoms with Crippen molar-refractivity contribution in [3.05, 3.63) is 35.4 Å². The van der Waals surface area contributed by atoms with E-state index in [1.54, 1.807) is 11.8 Å². The molecule has 3 saturated carbocycles. The molecule has 7 fully saturated rings. The molecule has 5 aliphatic heterocycles. The van der Waals surface area contributed by atoms with Crippen molar-refractivity contribution in [2.24, 2.45) is 52.7 Å². The van der Waals surface area contributed by atoms with E-state index in [-0.39, 0.29) is 112 Å². The van der Waals surface area contributed by atoms with Gasteiger partial charge in [0.15, 0.2) is 0 Å². The number of nitrogens with zero attached hydrogens (tertiary/aromatic N) is 1. The molecule has 3 aliphatic carbocycles. The van der Waals surface area contributed by atoms with Gasteiger partial charge in [-0.25, -0.2) is 8.78 Å². The molecule has 100 heavy (non-hydrogen) atoms. The molecular weight excluding hydrogens is 1330 g/mol. The number of thioether (sulfide) groups is 2. The van der Waals surface area contributed by atoms with E-state index < -0.39 is 151 Å². The molecule has 27 nitrogen and oxygen atoms in total. The van der Waals surface area contributed by atoms with Crippen molar-refractivity contribution in [1.29, 1.82) is 0 Å². The number of unbranched alkanes of at least 4 members (excludes halogenated alkanes) is 1. The highest BCUT2D eigenvalue weighted by Crippen LogP contribution is 2.40. The monoisotopic (exact) mass is 1440 g/mol. The first-order valence-electron chi connectivity index (χ1n) is 36.4. The Labute approximate surface area is 592 Å². The molecule has 0 spiro atoms. The van der Waals surface area contributed by atoms with Gasteiger partial charge in [-0.1, -0.05) is 30.7 Å². The number of nitrogens with two attached hydrogens (primary N) is 3. The fourth-order valence-corrected chi connectivity index (χ4v) is 18.2. The van der Waals surface area contributed by atoms with E-state index in [1.807, 2.05) is 24.3 Å². The van der Waals surface area contributed by atoms with Gasteiger partial charge in [0, 0.05) is 79.7 Å². The summed E-state index contributed by atoms with van der Waals surface area (Å²) in [6.45, 7) is 1.36. The van der Waals surface area contributed by atoms with Gasteiger partial charge in [0.2, 0.25) is 59.1 Å².